The maximum absolute atomic E-state index is 12.2. The monoisotopic (exact) mass is 309 g/mol. The fourth-order valence-electron chi connectivity index (χ4n) is 2.12. The van der Waals surface area contributed by atoms with E-state index in [1.165, 1.54) is 11.0 Å². The number of carbonyl (C=O) groups is 1. The van der Waals surface area contributed by atoms with E-state index in [0.29, 0.717) is 5.56 Å². The van der Waals surface area contributed by atoms with Crippen molar-refractivity contribution in [3.8, 4) is 0 Å². The molecule has 114 valence electrons. The minimum atomic E-state index is -3.58. The van der Waals surface area contributed by atoms with Gasteiger partial charge in [-0.25, -0.2) is 8.42 Å². The van der Waals surface area contributed by atoms with Crippen molar-refractivity contribution in [2.24, 2.45) is 10.9 Å². The molecule has 1 unspecified atom stereocenters. The Balaban J connectivity index is 2.49. The Morgan fingerprint density at radius 2 is 1.86 bits per heavy atom. The largest absolute Gasteiger partial charge is 0.347 e. The van der Waals surface area contributed by atoms with Crippen LogP contribution in [0.25, 0.3) is 0 Å². The van der Waals surface area contributed by atoms with Crippen LogP contribution in [0.2, 0.25) is 0 Å². The molecule has 1 amide bonds. The number of nitrogens with zero attached hydrogens (tertiary/aromatic N) is 2. The summed E-state index contributed by atoms with van der Waals surface area (Å²) in [5.74, 6) is 0.0465. The Morgan fingerprint density at radius 3 is 2.43 bits per heavy atom. The van der Waals surface area contributed by atoms with Crippen LogP contribution in [0.4, 0.5) is 0 Å². The molecular weight excluding hydrogens is 290 g/mol. The standard InChI is InChI=1S/C14H19N3O3S/c1-9(2)12(14(18)17(3)4)15-13-10-7-5-6-8-11(10)21(19,20)16-13/h5-9,12H,1-4H3,(H,15,16). The van der Waals surface area contributed by atoms with E-state index in [4.69, 9.17) is 0 Å². The molecule has 0 saturated heterocycles. The van der Waals surface area contributed by atoms with Crippen LogP contribution in [-0.2, 0) is 14.8 Å². The number of likely N-dealkylation sites (N-methyl/N-ethyl adjacent to an activating group) is 1. The van der Waals surface area contributed by atoms with Crippen LogP contribution < -0.4 is 4.72 Å². The number of amides is 1. The molecule has 6 nitrogen and oxygen atoms in total. The lowest BCUT2D eigenvalue weighted by atomic mass is 10.0. The highest BCUT2D eigenvalue weighted by Crippen LogP contribution is 2.23. The number of rotatable bonds is 3. The molecule has 0 fully saturated rings. The fraction of sp³-hybridized carbons (Fsp3) is 0.429. The van der Waals surface area contributed by atoms with E-state index in [2.05, 4.69) is 9.71 Å². The van der Waals surface area contributed by atoms with Gasteiger partial charge in [-0.15, -0.1) is 0 Å². The molecule has 1 N–H and O–H groups in total. The molecule has 1 aromatic carbocycles. The molecule has 1 atom stereocenters. The summed E-state index contributed by atoms with van der Waals surface area (Å²) < 4.78 is 26.5. The maximum atomic E-state index is 12.2. The van der Waals surface area contributed by atoms with Crippen LogP contribution in [0.5, 0.6) is 0 Å². The molecule has 21 heavy (non-hydrogen) atoms. The summed E-state index contributed by atoms with van der Waals surface area (Å²) in [5.41, 5.74) is 0.509. The maximum Gasteiger partial charge on any atom is 0.263 e. The van der Waals surface area contributed by atoms with Crippen molar-refractivity contribution in [1.82, 2.24) is 9.62 Å². The van der Waals surface area contributed by atoms with Gasteiger partial charge >= 0.3 is 0 Å². The van der Waals surface area contributed by atoms with Crippen molar-refractivity contribution < 1.29 is 13.2 Å². The number of amidine groups is 1. The van der Waals surface area contributed by atoms with Gasteiger partial charge in [0.15, 0.2) is 0 Å². The van der Waals surface area contributed by atoms with Crippen LogP contribution in [0.1, 0.15) is 19.4 Å². The van der Waals surface area contributed by atoms with E-state index in [-0.39, 0.29) is 22.6 Å². The Kier molecular flexibility index (Phi) is 4.04. The fourth-order valence-corrected chi connectivity index (χ4v) is 3.36. The molecular formula is C14H19N3O3S. The third-order valence-corrected chi connectivity index (χ3v) is 4.65. The molecule has 1 aromatic rings. The summed E-state index contributed by atoms with van der Waals surface area (Å²) in [6.45, 7) is 3.76. The second-order valence-corrected chi connectivity index (χ2v) is 7.15. The van der Waals surface area contributed by atoms with Crippen molar-refractivity contribution in [1.29, 1.82) is 0 Å². The number of carbonyl (C=O) groups excluding carboxylic acids is 1. The third-order valence-electron chi connectivity index (χ3n) is 3.26. The Bertz CT molecular complexity index is 693. The van der Waals surface area contributed by atoms with Crippen LogP contribution in [-0.4, -0.2) is 45.2 Å². The lowest BCUT2D eigenvalue weighted by molar-refractivity contribution is -0.130. The summed E-state index contributed by atoms with van der Waals surface area (Å²) in [4.78, 5) is 18.2. The number of aliphatic imine (C=N–C) groups is 1. The highest BCUT2D eigenvalue weighted by molar-refractivity contribution is 7.90. The van der Waals surface area contributed by atoms with Crippen molar-refractivity contribution >= 4 is 21.8 Å². The summed E-state index contributed by atoms with van der Waals surface area (Å²) in [6, 6.07) is 5.99. The molecule has 1 aliphatic heterocycles. The minimum Gasteiger partial charge on any atom is -0.347 e. The first-order valence-corrected chi connectivity index (χ1v) is 8.13. The molecule has 1 heterocycles. The van der Waals surface area contributed by atoms with E-state index < -0.39 is 16.1 Å². The molecule has 0 spiro atoms. The molecule has 0 bridgehead atoms. The van der Waals surface area contributed by atoms with Crippen LogP contribution in [0.3, 0.4) is 0 Å². The molecule has 7 heteroatoms. The molecule has 0 saturated carbocycles. The van der Waals surface area contributed by atoms with Gasteiger partial charge in [0.25, 0.3) is 10.0 Å². The second-order valence-electron chi connectivity index (χ2n) is 5.50. The van der Waals surface area contributed by atoms with Crippen LogP contribution >= 0.6 is 0 Å². The average molecular weight is 309 g/mol. The first-order valence-electron chi connectivity index (χ1n) is 6.65. The quantitative estimate of drug-likeness (QED) is 0.898. The zero-order valence-electron chi connectivity index (χ0n) is 12.5. The van der Waals surface area contributed by atoms with Gasteiger partial charge < -0.3 is 4.90 Å². The van der Waals surface area contributed by atoms with Crippen molar-refractivity contribution in [3.63, 3.8) is 0 Å². The summed E-state index contributed by atoms with van der Waals surface area (Å²) in [5, 5.41) is 0. The smallest absolute Gasteiger partial charge is 0.263 e. The van der Waals surface area contributed by atoms with Gasteiger partial charge in [-0.2, -0.15) is 0 Å². The third kappa shape index (κ3) is 2.92. The Morgan fingerprint density at radius 1 is 1.24 bits per heavy atom. The van der Waals surface area contributed by atoms with Crippen LogP contribution in [0.15, 0.2) is 34.2 Å². The van der Waals surface area contributed by atoms with E-state index in [1.54, 1.807) is 32.3 Å². The van der Waals surface area contributed by atoms with E-state index in [1.807, 2.05) is 13.8 Å². The highest BCUT2D eigenvalue weighted by Gasteiger charge is 2.32. The van der Waals surface area contributed by atoms with Crippen molar-refractivity contribution in [2.45, 2.75) is 24.8 Å². The van der Waals surface area contributed by atoms with Gasteiger partial charge in [0.05, 0.1) is 4.90 Å². The second kappa shape index (κ2) is 5.48. The zero-order chi connectivity index (χ0) is 15.8. The predicted octanol–water partition coefficient (Wildman–Crippen LogP) is 0.838. The topological polar surface area (TPSA) is 78.8 Å². The molecule has 0 aromatic heterocycles. The van der Waals surface area contributed by atoms with Crippen molar-refractivity contribution in [2.75, 3.05) is 14.1 Å². The van der Waals surface area contributed by atoms with Crippen LogP contribution in [0, 0.1) is 5.92 Å². The van der Waals surface area contributed by atoms with E-state index >= 15 is 0 Å². The predicted molar refractivity (Wildman–Crippen MR) is 80.6 cm³/mol. The summed E-state index contributed by atoms with van der Waals surface area (Å²) in [6.07, 6.45) is 0. The number of sulfonamides is 1. The SMILES string of the molecule is CC(C)C(N=C1NS(=O)(=O)c2ccccc21)C(=O)N(C)C. The van der Waals surface area contributed by atoms with Gasteiger partial charge in [0.1, 0.15) is 11.9 Å². The highest BCUT2D eigenvalue weighted by atomic mass is 32.2. The molecule has 2 rings (SSSR count). The van der Waals surface area contributed by atoms with Gasteiger partial charge in [0.2, 0.25) is 5.91 Å². The van der Waals surface area contributed by atoms with Gasteiger partial charge in [-0.1, -0.05) is 26.0 Å². The molecule has 0 radical (unpaired) electrons. The Labute approximate surface area is 124 Å². The molecule has 0 aliphatic carbocycles. The normalized spacial score (nSPS) is 19.2. The van der Waals surface area contributed by atoms with Gasteiger partial charge in [0, 0.05) is 19.7 Å². The number of nitrogens with one attached hydrogen (secondary N) is 1. The summed E-state index contributed by atoms with van der Waals surface area (Å²) in [7, 11) is -0.263. The van der Waals surface area contributed by atoms with E-state index in [9.17, 15) is 13.2 Å². The first-order chi connectivity index (χ1) is 9.74. The number of fused-ring (bicyclic) bond motifs is 1. The number of benzene rings is 1. The Hall–Kier alpha value is -1.89. The van der Waals surface area contributed by atoms with E-state index in [0.717, 1.165) is 0 Å². The lowest BCUT2D eigenvalue weighted by Crippen LogP contribution is -2.37. The number of hydrogen-bond donors (Lipinski definition) is 1. The first kappa shape index (κ1) is 15.5. The zero-order valence-corrected chi connectivity index (χ0v) is 13.3. The van der Waals surface area contributed by atoms with Crippen molar-refractivity contribution in [3.05, 3.63) is 29.8 Å². The number of hydrogen-bond acceptors (Lipinski definition) is 4. The van der Waals surface area contributed by atoms with Gasteiger partial charge in [-0.3, -0.25) is 14.5 Å². The minimum absolute atomic E-state index is 0.0373. The lowest BCUT2D eigenvalue weighted by Gasteiger charge is -2.20. The average Bonchev–Trinajstić information content (AvgIpc) is 2.67. The molecule has 1 aliphatic rings. The van der Waals surface area contributed by atoms with Gasteiger partial charge in [-0.05, 0) is 18.1 Å². The summed E-state index contributed by atoms with van der Waals surface area (Å²) >= 11 is 0.